The molecule has 0 saturated heterocycles. The Hall–Kier alpha value is -1.98. The van der Waals surface area contributed by atoms with Crippen molar-refractivity contribution < 1.29 is 34.4 Å². The zero-order chi connectivity index (χ0) is 23.1. The largest absolute Gasteiger partial charge is 0.416 e. The number of sulfonamides is 1. The number of rotatable bonds is 5. The maximum absolute atomic E-state index is 15.4. The number of sulfone groups is 1. The molecule has 0 heterocycles. The van der Waals surface area contributed by atoms with E-state index in [-0.39, 0.29) is 17.7 Å². The van der Waals surface area contributed by atoms with Gasteiger partial charge in [-0.25, -0.2) is 25.9 Å². The molecule has 0 atom stereocenters. The van der Waals surface area contributed by atoms with E-state index in [0.717, 1.165) is 12.1 Å². The first-order chi connectivity index (χ1) is 14.3. The predicted molar refractivity (Wildman–Crippen MR) is 106 cm³/mol. The lowest BCUT2D eigenvalue weighted by atomic mass is 9.94. The molecule has 0 radical (unpaired) electrons. The predicted octanol–water partition coefficient (Wildman–Crippen LogP) is 4.37. The minimum Gasteiger partial charge on any atom is -0.226 e. The van der Waals surface area contributed by atoms with Crippen molar-refractivity contribution in [2.24, 2.45) is 0 Å². The molecule has 170 valence electrons. The summed E-state index contributed by atoms with van der Waals surface area (Å²) in [4.78, 5) is -0.674. The van der Waals surface area contributed by atoms with Crippen molar-refractivity contribution in [2.75, 3.05) is 0 Å². The first kappa shape index (κ1) is 23.7. The van der Waals surface area contributed by atoms with Gasteiger partial charge in [0.15, 0.2) is 0 Å². The molecule has 0 unspecified atom stereocenters. The highest BCUT2D eigenvalue weighted by molar-refractivity contribution is 7.92. The minimum absolute atomic E-state index is 0.0728. The van der Waals surface area contributed by atoms with Gasteiger partial charge in [0.2, 0.25) is 24.9 Å². The first-order valence-electron chi connectivity index (χ1n) is 9.45. The van der Waals surface area contributed by atoms with Gasteiger partial charge >= 0.3 is 6.18 Å². The lowest BCUT2D eigenvalue weighted by molar-refractivity contribution is -0.137. The summed E-state index contributed by atoms with van der Waals surface area (Å²) in [5, 5.41) is -2.78. The summed E-state index contributed by atoms with van der Waals surface area (Å²) in [6.45, 7) is 1.63. The fourth-order valence-electron chi connectivity index (χ4n) is 3.63. The van der Waals surface area contributed by atoms with Gasteiger partial charge in [0.05, 0.1) is 15.4 Å². The Kier molecular flexibility index (Phi) is 6.25. The zero-order valence-corrected chi connectivity index (χ0v) is 18.1. The molecule has 0 bridgehead atoms. The molecule has 1 aliphatic carbocycles. The quantitative estimate of drug-likeness (QED) is 0.646. The molecule has 0 amide bonds. The fourth-order valence-corrected chi connectivity index (χ4v) is 6.91. The molecular weight excluding hydrogens is 458 g/mol. The third-order valence-electron chi connectivity index (χ3n) is 5.39. The number of benzene rings is 2. The van der Waals surface area contributed by atoms with Gasteiger partial charge in [-0.1, -0.05) is 24.3 Å². The van der Waals surface area contributed by atoms with Gasteiger partial charge in [-0.2, -0.15) is 13.2 Å². The Morgan fingerprint density at radius 1 is 0.968 bits per heavy atom. The van der Waals surface area contributed by atoms with Crippen LogP contribution in [0.4, 0.5) is 17.6 Å². The summed E-state index contributed by atoms with van der Waals surface area (Å²) in [5.41, 5.74) is -0.658. The molecule has 2 aromatic rings. The van der Waals surface area contributed by atoms with E-state index in [2.05, 4.69) is 4.72 Å². The van der Waals surface area contributed by atoms with Crippen LogP contribution in [0, 0.1) is 6.92 Å². The highest BCUT2D eigenvalue weighted by Gasteiger charge is 2.48. The van der Waals surface area contributed by atoms with E-state index in [1.54, 1.807) is 25.1 Å². The molecule has 1 N–H and O–H groups in total. The van der Waals surface area contributed by atoms with Crippen molar-refractivity contribution in [3.05, 3.63) is 59.7 Å². The van der Waals surface area contributed by atoms with Crippen molar-refractivity contribution in [1.29, 1.82) is 0 Å². The van der Waals surface area contributed by atoms with Gasteiger partial charge in [0.1, 0.15) is 0 Å². The maximum Gasteiger partial charge on any atom is 0.416 e. The van der Waals surface area contributed by atoms with Crippen LogP contribution in [0.2, 0.25) is 0 Å². The van der Waals surface area contributed by atoms with Gasteiger partial charge in [0.25, 0.3) is 0 Å². The minimum atomic E-state index is -4.76. The van der Waals surface area contributed by atoms with Gasteiger partial charge in [-0.05, 0) is 62.4 Å². The molecule has 5 nitrogen and oxygen atoms in total. The average Bonchev–Trinajstić information content (AvgIpc) is 2.69. The Bertz CT molecular complexity index is 1170. The molecule has 0 aliphatic heterocycles. The van der Waals surface area contributed by atoms with Crippen molar-refractivity contribution in [1.82, 2.24) is 4.72 Å². The summed E-state index contributed by atoms with van der Waals surface area (Å²) in [7, 11) is -8.60. The molecule has 1 saturated carbocycles. The lowest BCUT2D eigenvalue weighted by Crippen LogP contribution is -2.45. The zero-order valence-electron chi connectivity index (χ0n) is 16.5. The number of hydrogen-bond acceptors (Lipinski definition) is 4. The van der Waals surface area contributed by atoms with Crippen molar-refractivity contribution in [3.63, 3.8) is 0 Å². The van der Waals surface area contributed by atoms with Crippen LogP contribution in [0.15, 0.2) is 58.3 Å². The molecule has 31 heavy (non-hydrogen) atoms. The maximum atomic E-state index is 15.4. The molecule has 0 aromatic heterocycles. The SMILES string of the molecule is Cc1ccccc1S(=O)(=O)NC1CCC(F)(S(=O)(=O)c2cccc(C(F)(F)F)c2)CC1. The molecular formula is C20H21F4NO4S2. The fraction of sp³-hybridized carbons (Fsp3) is 0.400. The monoisotopic (exact) mass is 479 g/mol. The second-order valence-electron chi connectivity index (χ2n) is 7.57. The van der Waals surface area contributed by atoms with Crippen LogP contribution in [0.25, 0.3) is 0 Å². The van der Waals surface area contributed by atoms with Gasteiger partial charge in [-0.3, -0.25) is 0 Å². The highest BCUT2D eigenvalue weighted by atomic mass is 32.2. The molecule has 1 fully saturated rings. The van der Waals surface area contributed by atoms with Crippen LogP contribution in [0.1, 0.15) is 36.8 Å². The number of aryl methyl sites for hydroxylation is 1. The van der Waals surface area contributed by atoms with Crippen LogP contribution in [0.5, 0.6) is 0 Å². The molecule has 0 spiro atoms. The van der Waals surface area contributed by atoms with Crippen molar-refractivity contribution in [3.8, 4) is 0 Å². The molecule has 1 aliphatic rings. The summed E-state index contributed by atoms with van der Waals surface area (Å²) in [5.74, 6) is 0. The molecule has 3 rings (SSSR count). The van der Waals surface area contributed by atoms with Gasteiger partial charge in [-0.15, -0.1) is 0 Å². The topological polar surface area (TPSA) is 80.3 Å². The van der Waals surface area contributed by atoms with Crippen LogP contribution >= 0.6 is 0 Å². The lowest BCUT2D eigenvalue weighted by Gasteiger charge is -2.33. The average molecular weight is 480 g/mol. The summed E-state index contributed by atoms with van der Waals surface area (Å²) in [6.07, 6.45) is -6.06. The summed E-state index contributed by atoms with van der Waals surface area (Å²) in [6, 6.07) is 8.60. The third kappa shape index (κ3) is 4.78. The van der Waals surface area contributed by atoms with Crippen LogP contribution < -0.4 is 4.72 Å². The number of nitrogens with one attached hydrogen (secondary N) is 1. The van der Waals surface area contributed by atoms with Crippen LogP contribution in [0.3, 0.4) is 0 Å². The van der Waals surface area contributed by atoms with Crippen LogP contribution in [-0.2, 0) is 26.0 Å². The Labute approximate surface area is 178 Å². The third-order valence-corrected chi connectivity index (χ3v) is 9.32. The number of halogens is 4. The van der Waals surface area contributed by atoms with Crippen LogP contribution in [-0.4, -0.2) is 27.9 Å². The Balaban J connectivity index is 1.77. The second kappa shape index (κ2) is 8.18. The van der Waals surface area contributed by atoms with Gasteiger partial charge < -0.3 is 0 Å². The second-order valence-corrected chi connectivity index (χ2v) is 11.5. The van der Waals surface area contributed by atoms with E-state index < -0.39 is 60.4 Å². The smallest absolute Gasteiger partial charge is 0.226 e. The van der Waals surface area contributed by atoms with E-state index in [1.807, 2.05) is 0 Å². The number of alkyl halides is 4. The standard InChI is InChI=1S/C20H21F4NO4S2/c1-14-5-2-3-8-18(14)31(28,29)25-16-9-11-19(21,12-10-16)30(26,27)17-7-4-6-15(13-17)20(22,23)24/h2-8,13,16,25H,9-12H2,1H3. The van der Waals surface area contributed by atoms with E-state index in [4.69, 9.17) is 0 Å². The van der Waals surface area contributed by atoms with Crippen molar-refractivity contribution >= 4 is 19.9 Å². The van der Waals surface area contributed by atoms with Crippen molar-refractivity contribution in [2.45, 2.75) is 59.6 Å². The van der Waals surface area contributed by atoms with E-state index in [1.165, 1.54) is 6.07 Å². The van der Waals surface area contributed by atoms with Gasteiger partial charge in [0, 0.05) is 6.04 Å². The summed E-state index contributed by atoms with van der Waals surface area (Å²) >= 11 is 0. The molecule has 2 aromatic carbocycles. The van der Waals surface area contributed by atoms with E-state index >= 15 is 4.39 Å². The Morgan fingerprint density at radius 3 is 2.16 bits per heavy atom. The van der Waals surface area contributed by atoms with E-state index in [9.17, 15) is 30.0 Å². The first-order valence-corrected chi connectivity index (χ1v) is 12.4. The molecule has 11 heteroatoms. The normalized spacial score (nSPS) is 22.9. The Morgan fingerprint density at radius 2 is 1.58 bits per heavy atom. The highest BCUT2D eigenvalue weighted by Crippen LogP contribution is 2.41. The van der Waals surface area contributed by atoms with E-state index in [0.29, 0.717) is 17.7 Å². The number of hydrogen-bond donors (Lipinski definition) is 1. The summed E-state index contributed by atoms with van der Waals surface area (Å²) < 4.78 is 107.